The van der Waals surface area contributed by atoms with Crippen molar-refractivity contribution in [2.45, 2.75) is 26.4 Å². The molecule has 0 radical (unpaired) electrons. The lowest BCUT2D eigenvalue weighted by Crippen LogP contribution is -2.41. The number of halogens is 3. The Balaban J connectivity index is 2.93. The van der Waals surface area contributed by atoms with E-state index in [1.807, 2.05) is 13.8 Å². The molecule has 0 amide bonds. The fourth-order valence-corrected chi connectivity index (χ4v) is 2.03. The second kappa shape index (κ2) is 5.92. The maximum atomic E-state index is 12.5. The molecule has 5 heteroatoms. The number of hydrogen-bond acceptors (Lipinski definition) is 2. The third-order valence-corrected chi connectivity index (χ3v) is 3.78. The molecule has 1 aromatic rings. The number of aliphatic hydroxyl groups is 1. The van der Waals surface area contributed by atoms with Crippen LogP contribution < -0.4 is 5.73 Å². The predicted molar refractivity (Wildman–Crippen MR) is 68.6 cm³/mol. The van der Waals surface area contributed by atoms with E-state index in [-0.39, 0.29) is 12.5 Å². The smallest absolute Gasteiger partial charge is 0.396 e. The highest BCUT2D eigenvalue weighted by atomic mass is 19.4. The highest BCUT2D eigenvalue weighted by Crippen LogP contribution is 2.33. The molecule has 3 N–H and O–H groups in total. The van der Waals surface area contributed by atoms with E-state index in [0.29, 0.717) is 13.0 Å². The highest BCUT2D eigenvalue weighted by Gasteiger charge is 2.33. The van der Waals surface area contributed by atoms with Crippen LogP contribution in [0.3, 0.4) is 0 Å². The number of aliphatic hydroxyl groups excluding tert-OH is 1. The quantitative estimate of drug-likeness (QED) is 0.868. The van der Waals surface area contributed by atoms with E-state index in [1.54, 1.807) is 0 Å². The van der Waals surface area contributed by atoms with Gasteiger partial charge in [0.05, 0.1) is 12.2 Å². The normalized spacial score (nSPS) is 15.6. The maximum Gasteiger partial charge on any atom is 0.416 e. The van der Waals surface area contributed by atoms with Crippen LogP contribution >= 0.6 is 0 Å². The largest absolute Gasteiger partial charge is 0.416 e. The Hall–Kier alpha value is -1.07. The molecule has 0 saturated heterocycles. The zero-order chi connectivity index (χ0) is 14.7. The van der Waals surface area contributed by atoms with E-state index in [2.05, 4.69) is 0 Å². The topological polar surface area (TPSA) is 46.2 Å². The Labute approximate surface area is 111 Å². The Morgan fingerprint density at radius 2 is 1.68 bits per heavy atom. The molecule has 2 nitrogen and oxygen atoms in total. The van der Waals surface area contributed by atoms with Crippen LogP contribution in [0, 0.1) is 11.3 Å². The van der Waals surface area contributed by atoms with Gasteiger partial charge in [0.15, 0.2) is 0 Å². The maximum absolute atomic E-state index is 12.5. The summed E-state index contributed by atoms with van der Waals surface area (Å²) in [6, 6.07) is 5.03. The molecule has 0 aromatic heterocycles. The average molecular weight is 275 g/mol. The van der Waals surface area contributed by atoms with Crippen LogP contribution in [0.2, 0.25) is 0 Å². The first-order valence-corrected chi connectivity index (χ1v) is 6.22. The van der Waals surface area contributed by atoms with Gasteiger partial charge in [-0.15, -0.1) is 0 Å². The zero-order valence-electron chi connectivity index (χ0n) is 11.2. The number of alkyl halides is 3. The molecule has 0 fully saturated rings. The van der Waals surface area contributed by atoms with Crippen LogP contribution in [-0.2, 0) is 12.6 Å². The third-order valence-electron chi connectivity index (χ3n) is 3.78. The van der Waals surface area contributed by atoms with Crippen molar-refractivity contribution in [3.8, 4) is 0 Å². The van der Waals surface area contributed by atoms with Gasteiger partial charge in [-0.2, -0.15) is 13.2 Å². The monoisotopic (exact) mass is 275 g/mol. The summed E-state index contributed by atoms with van der Waals surface area (Å²) in [6.45, 7) is 4.12. The number of nitrogens with two attached hydrogens (primary N) is 1. The van der Waals surface area contributed by atoms with E-state index in [1.165, 1.54) is 12.1 Å². The number of benzene rings is 1. The van der Waals surface area contributed by atoms with E-state index >= 15 is 0 Å². The molecule has 0 bridgehead atoms. The Bertz CT molecular complexity index is 394. The van der Waals surface area contributed by atoms with Crippen molar-refractivity contribution < 1.29 is 18.3 Å². The summed E-state index contributed by atoms with van der Waals surface area (Å²) in [6.07, 6.45) is -3.85. The molecule has 0 spiro atoms. The van der Waals surface area contributed by atoms with Crippen LogP contribution in [0.4, 0.5) is 13.2 Å². The molecule has 0 heterocycles. The summed E-state index contributed by atoms with van der Waals surface area (Å²) in [5.41, 5.74) is 5.33. The Kier molecular flexibility index (Phi) is 4.98. The number of hydrogen-bond donors (Lipinski definition) is 2. The highest BCUT2D eigenvalue weighted by molar-refractivity contribution is 5.25. The molecule has 1 atom stereocenters. The van der Waals surface area contributed by atoms with Gasteiger partial charge in [-0.1, -0.05) is 26.0 Å². The molecule has 0 aliphatic rings. The first kappa shape index (κ1) is 16.0. The van der Waals surface area contributed by atoms with Crippen LogP contribution in [0.5, 0.6) is 0 Å². The summed E-state index contributed by atoms with van der Waals surface area (Å²) in [5, 5.41) is 9.53. The molecule has 1 rings (SSSR count). The SMILES string of the molecule is CC(C)C(CN)(CO)Cc1ccc(C(F)(F)F)cc1. The lowest BCUT2D eigenvalue weighted by atomic mass is 9.73. The fraction of sp³-hybridized carbons (Fsp3) is 0.571. The summed E-state index contributed by atoms with van der Waals surface area (Å²) in [5.74, 6) is 0.143. The molecular formula is C14H20F3NO. The van der Waals surface area contributed by atoms with E-state index < -0.39 is 17.2 Å². The number of rotatable bonds is 5. The van der Waals surface area contributed by atoms with Crippen molar-refractivity contribution in [3.63, 3.8) is 0 Å². The van der Waals surface area contributed by atoms with Crippen molar-refractivity contribution in [3.05, 3.63) is 35.4 Å². The van der Waals surface area contributed by atoms with Crippen LogP contribution in [0.25, 0.3) is 0 Å². The predicted octanol–water partition coefficient (Wildman–Crippen LogP) is 2.84. The molecule has 108 valence electrons. The lowest BCUT2D eigenvalue weighted by molar-refractivity contribution is -0.137. The molecule has 19 heavy (non-hydrogen) atoms. The van der Waals surface area contributed by atoms with Crippen LogP contribution in [-0.4, -0.2) is 18.3 Å². The summed E-state index contributed by atoms with van der Waals surface area (Å²) in [4.78, 5) is 0. The van der Waals surface area contributed by atoms with Crippen LogP contribution in [0.1, 0.15) is 25.0 Å². The molecule has 0 aliphatic carbocycles. The van der Waals surface area contributed by atoms with E-state index in [4.69, 9.17) is 5.73 Å². The Morgan fingerprint density at radius 1 is 1.16 bits per heavy atom. The zero-order valence-corrected chi connectivity index (χ0v) is 11.2. The van der Waals surface area contributed by atoms with Crippen molar-refractivity contribution >= 4 is 0 Å². The Morgan fingerprint density at radius 3 is 2.00 bits per heavy atom. The van der Waals surface area contributed by atoms with Gasteiger partial charge in [0.25, 0.3) is 0 Å². The van der Waals surface area contributed by atoms with Gasteiger partial charge >= 0.3 is 6.18 Å². The molecular weight excluding hydrogens is 255 g/mol. The van der Waals surface area contributed by atoms with E-state index in [0.717, 1.165) is 17.7 Å². The van der Waals surface area contributed by atoms with Gasteiger partial charge in [0, 0.05) is 12.0 Å². The third kappa shape index (κ3) is 3.70. The van der Waals surface area contributed by atoms with Gasteiger partial charge in [-0.3, -0.25) is 0 Å². The summed E-state index contributed by atoms with van der Waals surface area (Å²) >= 11 is 0. The minimum atomic E-state index is -4.32. The summed E-state index contributed by atoms with van der Waals surface area (Å²) in [7, 11) is 0. The standard InChI is InChI=1S/C14H20F3NO/c1-10(2)13(8-18,9-19)7-11-3-5-12(6-4-11)14(15,16)17/h3-6,10,19H,7-9,18H2,1-2H3. The second-order valence-electron chi connectivity index (χ2n) is 5.25. The van der Waals surface area contributed by atoms with Crippen molar-refractivity contribution in [1.82, 2.24) is 0 Å². The summed E-state index contributed by atoms with van der Waals surface area (Å²) < 4.78 is 37.4. The average Bonchev–Trinajstić information content (AvgIpc) is 2.35. The van der Waals surface area contributed by atoms with Gasteiger partial charge in [0.1, 0.15) is 0 Å². The lowest BCUT2D eigenvalue weighted by Gasteiger charge is -2.35. The first-order chi connectivity index (χ1) is 8.75. The minimum Gasteiger partial charge on any atom is -0.396 e. The van der Waals surface area contributed by atoms with Gasteiger partial charge in [0.2, 0.25) is 0 Å². The minimum absolute atomic E-state index is 0.0812. The molecule has 0 saturated carbocycles. The van der Waals surface area contributed by atoms with Gasteiger partial charge in [-0.25, -0.2) is 0 Å². The van der Waals surface area contributed by atoms with Gasteiger partial charge < -0.3 is 10.8 Å². The van der Waals surface area contributed by atoms with Crippen molar-refractivity contribution in [1.29, 1.82) is 0 Å². The first-order valence-electron chi connectivity index (χ1n) is 6.22. The van der Waals surface area contributed by atoms with E-state index in [9.17, 15) is 18.3 Å². The van der Waals surface area contributed by atoms with Crippen molar-refractivity contribution in [2.75, 3.05) is 13.2 Å². The molecule has 0 aliphatic heterocycles. The fourth-order valence-electron chi connectivity index (χ4n) is 2.03. The van der Waals surface area contributed by atoms with Crippen LogP contribution in [0.15, 0.2) is 24.3 Å². The molecule has 1 aromatic carbocycles. The van der Waals surface area contributed by atoms with Crippen molar-refractivity contribution in [2.24, 2.45) is 17.1 Å². The van der Waals surface area contributed by atoms with Gasteiger partial charge in [-0.05, 0) is 30.0 Å². The second-order valence-corrected chi connectivity index (χ2v) is 5.25. The molecule has 1 unspecified atom stereocenters.